The van der Waals surface area contributed by atoms with Gasteiger partial charge < -0.3 is 10.2 Å². The van der Waals surface area contributed by atoms with Crippen molar-refractivity contribution in [1.29, 1.82) is 0 Å². The maximum absolute atomic E-state index is 4.38. The number of nitrogens with one attached hydrogen (secondary N) is 1. The number of pyridine rings is 1. The van der Waals surface area contributed by atoms with Crippen LogP contribution in [0, 0.1) is 0 Å². The van der Waals surface area contributed by atoms with E-state index in [9.17, 15) is 0 Å². The smallest absolute Gasteiger partial charge is 0.230 e. The summed E-state index contributed by atoms with van der Waals surface area (Å²) < 4.78 is 0. The zero-order valence-electron chi connectivity index (χ0n) is 10.5. The Hall–Kier alpha value is -1.89. The molecule has 0 saturated carbocycles. The minimum Gasteiger partial charge on any atom is -0.357 e. The van der Waals surface area contributed by atoms with Crippen LogP contribution in [0.3, 0.4) is 0 Å². The number of anilines is 2. The van der Waals surface area contributed by atoms with Crippen LogP contribution in [0.2, 0.25) is 0 Å². The topological polar surface area (TPSA) is 66.8 Å². The van der Waals surface area contributed by atoms with Gasteiger partial charge in [-0.3, -0.25) is 4.98 Å². The summed E-state index contributed by atoms with van der Waals surface area (Å²) in [7, 11) is 5.58. The van der Waals surface area contributed by atoms with Gasteiger partial charge in [-0.25, -0.2) is 0 Å². The second kappa shape index (κ2) is 5.63. The van der Waals surface area contributed by atoms with Crippen molar-refractivity contribution < 1.29 is 0 Å². The van der Waals surface area contributed by atoms with Crippen molar-refractivity contribution >= 4 is 23.7 Å². The highest BCUT2D eigenvalue weighted by Gasteiger charge is 2.08. The third-order valence-electron chi connectivity index (χ3n) is 2.09. The molecule has 0 amide bonds. The van der Waals surface area contributed by atoms with Gasteiger partial charge in [0.1, 0.15) is 0 Å². The fourth-order valence-electron chi connectivity index (χ4n) is 1.21. The molecule has 0 fully saturated rings. The molecule has 6 nitrogen and oxygen atoms in total. The lowest BCUT2D eigenvalue weighted by atomic mass is 10.5. The monoisotopic (exact) mass is 262 g/mol. The summed E-state index contributed by atoms with van der Waals surface area (Å²) in [6.45, 7) is 0. The molecule has 0 aliphatic rings. The Labute approximate surface area is 110 Å². The van der Waals surface area contributed by atoms with Crippen molar-refractivity contribution in [2.45, 2.75) is 10.1 Å². The molecule has 2 rings (SSSR count). The summed E-state index contributed by atoms with van der Waals surface area (Å²) in [5.41, 5.74) is 0. The highest BCUT2D eigenvalue weighted by atomic mass is 32.2. The van der Waals surface area contributed by atoms with Gasteiger partial charge in [-0.2, -0.15) is 15.0 Å². The van der Waals surface area contributed by atoms with Gasteiger partial charge in [0.15, 0.2) is 5.16 Å². The highest BCUT2D eigenvalue weighted by molar-refractivity contribution is 7.99. The van der Waals surface area contributed by atoms with Crippen LogP contribution in [0.5, 0.6) is 0 Å². The summed E-state index contributed by atoms with van der Waals surface area (Å²) in [5.74, 6) is 1.19. The molecule has 0 saturated heterocycles. The van der Waals surface area contributed by atoms with E-state index in [-0.39, 0.29) is 0 Å². The SMILES string of the molecule is CNc1nc(Sc2ccncc2)nc(N(C)C)n1. The third-order valence-corrected chi connectivity index (χ3v) is 2.96. The van der Waals surface area contributed by atoms with Crippen LogP contribution in [-0.4, -0.2) is 41.1 Å². The van der Waals surface area contributed by atoms with Crippen LogP contribution < -0.4 is 10.2 Å². The molecular weight excluding hydrogens is 248 g/mol. The third kappa shape index (κ3) is 3.07. The summed E-state index contributed by atoms with van der Waals surface area (Å²) in [4.78, 5) is 19.8. The zero-order chi connectivity index (χ0) is 13.0. The van der Waals surface area contributed by atoms with Crippen molar-refractivity contribution in [1.82, 2.24) is 19.9 Å². The Morgan fingerprint density at radius 3 is 2.44 bits per heavy atom. The number of rotatable bonds is 4. The van der Waals surface area contributed by atoms with Gasteiger partial charge in [0.25, 0.3) is 0 Å². The predicted molar refractivity (Wildman–Crippen MR) is 72.1 cm³/mol. The molecule has 0 aliphatic carbocycles. The van der Waals surface area contributed by atoms with Crippen molar-refractivity contribution in [3.8, 4) is 0 Å². The van der Waals surface area contributed by atoms with Crippen LogP contribution >= 0.6 is 11.8 Å². The minimum absolute atomic E-state index is 0.560. The molecule has 1 N–H and O–H groups in total. The van der Waals surface area contributed by atoms with Gasteiger partial charge in [-0.05, 0) is 23.9 Å². The molecule has 0 aliphatic heterocycles. The summed E-state index contributed by atoms with van der Waals surface area (Å²) in [6.07, 6.45) is 3.49. The normalized spacial score (nSPS) is 10.2. The average Bonchev–Trinajstić information content (AvgIpc) is 2.39. The Bertz CT molecular complexity index is 516. The lowest BCUT2D eigenvalue weighted by molar-refractivity contribution is 0.870. The van der Waals surface area contributed by atoms with Crippen LogP contribution in [0.4, 0.5) is 11.9 Å². The molecular formula is C11H14N6S. The maximum Gasteiger partial charge on any atom is 0.230 e. The van der Waals surface area contributed by atoms with Crippen LogP contribution in [-0.2, 0) is 0 Å². The second-order valence-electron chi connectivity index (χ2n) is 3.67. The molecule has 2 heterocycles. The molecule has 0 atom stereocenters. The van der Waals surface area contributed by atoms with E-state index in [1.165, 1.54) is 11.8 Å². The molecule has 18 heavy (non-hydrogen) atoms. The summed E-state index contributed by atoms with van der Waals surface area (Å²) in [5, 5.41) is 3.59. The van der Waals surface area contributed by atoms with Crippen molar-refractivity contribution in [2.75, 3.05) is 31.4 Å². The molecule has 0 radical (unpaired) electrons. The van der Waals surface area contributed by atoms with E-state index in [1.807, 2.05) is 31.1 Å². The zero-order valence-corrected chi connectivity index (χ0v) is 11.3. The molecule has 2 aromatic heterocycles. The molecule has 0 aromatic carbocycles. The van der Waals surface area contributed by atoms with E-state index in [1.54, 1.807) is 19.4 Å². The number of aromatic nitrogens is 4. The van der Waals surface area contributed by atoms with Crippen LogP contribution in [0.25, 0.3) is 0 Å². The average molecular weight is 262 g/mol. The fraction of sp³-hybridized carbons (Fsp3) is 0.273. The van der Waals surface area contributed by atoms with Crippen molar-refractivity contribution in [3.63, 3.8) is 0 Å². The van der Waals surface area contributed by atoms with Crippen molar-refractivity contribution in [3.05, 3.63) is 24.5 Å². The fourth-order valence-corrected chi connectivity index (χ4v) is 1.94. The van der Waals surface area contributed by atoms with Crippen molar-refractivity contribution in [2.24, 2.45) is 0 Å². The van der Waals surface area contributed by atoms with E-state index in [0.29, 0.717) is 17.1 Å². The highest BCUT2D eigenvalue weighted by Crippen LogP contribution is 2.25. The van der Waals surface area contributed by atoms with E-state index in [0.717, 1.165) is 4.90 Å². The first-order valence-corrected chi connectivity index (χ1v) is 6.19. The Balaban J connectivity index is 2.30. The van der Waals surface area contributed by atoms with E-state index in [2.05, 4.69) is 25.3 Å². The summed E-state index contributed by atoms with van der Waals surface area (Å²) >= 11 is 1.48. The molecule has 0 unspecified atom stereocenters. The quantitative estimate of drug-likeness (QED) is 0.896. The van der Waals surface area contributed by atoms with Crippen LogP contribution in [0.15, 0.2) is 34.6 Å². The standard InChI is InChI=1S/C11H14N6S/c1-12-9-14-10(17(2)3)16-11(15-9)18-8-4-6-13-7-5-8/h4-7H,1-3H3,(H,12,14,15,16). The van der Waals surface area contributed by atoms with Gasteiger partial charge in [-0.1, -0.05) is 0 Å². The number of nitrogens with zero attached hydrogens (tertiary/aromatic N) is 5. The van der Waals surface area contributed by atoms with E-state index < -0.39 is 0 Å². The van der Waals surface area contributed by atoms with Gasteiger partial charge in [0.05, 0.1) is 0 Å². The molecule has 0 bridgehead atoms. The summed E-state index contributed by atoms with van der Waals surface area (Å²) in [6, 6.07) is 3.84. The lowest BCUT2D eigenvalue weighted by Gasteiger charge is -2.12. The Kier molecular flexibility index (Phi) is 3.93. The molecule has 7 heteroatoms. The molecule has 94 valence electrons. The second-order valence-corrected chi connectivity index (χ2v) is 4.71. The van der Waals surface area contributed by atoms with Gasteiger partial charge in [-0.15, -0.1) is 0 Å². The largest absolute Gasteiger partial charge is 0.357 e. The lowest BCUT2D eigenvalue weighted by Crippen LogP contribution is -2.15. The van der Waals surface area contributed by atoms with Gasteiger partial charge in [0, 0.05) is 38.4 Å². The van der Waals surface area contributed by atoms with Gasteiger partial charge >= 0.3 is 0 Å². The van der Waals surface area contributed by atoms with Gasteiger partial charge in [0.2, 0.25) is 11.9 Å². The Morgan fingerprint density at radius 1 is 1.11 bits per heavy atom. The Morgan fingerprint density at radius 2 is 1.83 bits per heavy atom. The maximum atomic E-state index is 4.38. The minimum atomic E-state index is 0.560. The molecule has 2 aromatic rings. The number of hydrogen-bond acceptors (Lipinski definition) is 7. The van der Waals surface area contributed by atoms with E-state index >= 15 is 0 Å². The van der Waals surface area contributed by atoms with Crippen LogP contribution in [0.1, 0.15) is 0 Å². The predicted octanol–water partition coefficient (Wildman–Crippen LogP) is 1.53. The number of hydrogen-bond donors (Lipinski definition) is 1. The first kappa shape index (κ1) is 12.6. The molecule has 0 spiro atoms. The first-order valence-electron chi connectivity index (χ1n) is 5.38. The first-order chi connectivity index (χ1) is 8.69. The van der Waals surface area contributed by atoms with E-state index in [4.69, 9.17) is 0 Å².